The Morgan fingerprint density at radius 3 is 2.73 bits per heavy atom. The van der Waals surface area contributed by atoms with Crippen LogP contribution in [0.2, 0.25) is 0 Å². The van der Waals surface area contributed by atoms with Crippen LogP contribution in [0, 0.1) is 6.92 Å². The SMILES string of the molecule is COc1ccc(/C=C/C(=O)c2ccn(C)n2)cc1CSc1nc(C)cc(C(F)F)n1. The molecule has 0 amide bonds. The van der Waals surface area contributed by atoms with Crippen molar-refractivity contribution in [1.29, 1.82) is 0 Å². The highest BCUT2D eigenvalue weighted by Crippen LogP contribution is 2.29. The molecular weight excluding hydrogens is 410 g/mol. The van der Waals surface area contributed by atoms with Gasteiger partial charge in [0.2, 0.25) is 5.78 Å². The fourth-order valence-corrected chi connectivity index (χ4v) is 3.59. The number of carbonyl (C=O) groups excluding carboxylic acids is 1. The van der Waals surface area contributed by atoms with Crippen molar-refractivity contribution in [1.82, 2.24) is 19.7 Å². The first-order chi connectivity index (χ1) is 14.4. The van der Waals surface area contributed by atoms with Gasteiger partial charge in [0.1, 0.15) is 17.1 Å². The fourth-order valence-electron chi connectivity index (χ4n) is 2.70. The molecule has 3 rings (SSSR count). The van der Waals surface area contributed by atoms with Crippen molar-refractivity contribution in [3.63, 3.8) is 0 Å². The van der Waals surface area contributed by atoms with Crippen LogP contribution >= 0.6 is 11.8 Å². The number of benzene rings is 1. The van der Waals surface area contributed by atoms with Crippen LogP contribution < -0.4 is 4.74 Å². The quantitative estimate of drug-likeness (QED) is 0.224. The molecule has 2 aromatic heterocycles. The second-order valence-corrected chi connectivity index (χ2v) is 7.39. The third kappa shape index (κ3) is 5.50. The molecule has 0 aliphatic heterocycles. The van der Waals surface area contributed by atoms with E-state index >= 15 is 0 Å². The monoisotopic (exact) mass is 430 g/mol. The number of rotatable bonds is 8. The zero-order valence-electron chi connectivity index (χ0n) is 16.7. The van der Waals surface area contributed by atoms with E-state index in [0.717, 1.165) is 11.1 Å². The van der Waals surface area contributed by atoms with Gasteiger partial charge in [0.25, 0.3) is 6.43 Å². The maximum absolute atomic E-state index is 13.0. The first-order valence-corrected chi connectivity index (χ1v) is 10.00. The van der Waals surface area contributed by atoms with Gasteiger partial charge in [-0.1, -0.05) is 23.9 Å². The third-order valence-electron chi connectivity index (χ3n) is 4.13. The zero-order valence-corrected chi connectivity index (χ0v) is 17.5. The van der Waals surface area contributed by atoms with Crippen molar-refractivity contribution in [3.8, 4) is 5.75 Å². The van der Waals surface area contributed by atoms with E-state index in [2.05, 4.69) is 15.1 Å². The van der Waals surface area contributed by atoms with Crippen molar-refractivity contribution in [2.24, 2.45) is 7.05 Å². The number of alkyl halides is 2. The third-order valence-corrected chi connectivity index (χ3v) is 5.03. The highest BCUT2D eigenvalue weighted by molar-refractivity contribution is 7.98. The summed E-state index contributed by atoms with van der Waals surface area (Å²) in [5.74, 6) is 0.873. The fraction of sp³-hybridized carbons (Fsp3) is 0.238. The summed E-state index contributed by atoms with van der Waals surface area (Å²) in [6.45, 7) is 1.65. The van der Waals surface area contributed by atoms with E-state index in [1.807, 2.05) is 12.1 Å². The summed E-state index contributed by atoms with van der Waals surface area (Å²) in [6, 6.07) is 8.42. The number of aromatic nitrogens is 4. The molecule has 0 aliphatic rings. The summed E-state index contributed by atoms with van der Waals surface area (Å²) in [6.07, 6.45) is 2.21. The number of ketones is 1. The van der Waals surface area contributed by atoms with Crippen molar-refractivity contribution in [3.05, 3.63) is 70.8 Å². The molecule has 0 N–H and O–H groups in total. The van der Waals surface area contributed by atoms with Crippen LogP contribution in [-0.4, -0.2) is 32.6 Å². The largest absolute Gasteiger partial charge is 0.496 e. The van der Waals surface area contributed by atoms with Crippen molar-refractivity contribution in [2.45, 2.75) is 24.3 Å². The molecule has 3 aromatic rings. The Kier molecular flexibility index (Phi) is 6.94. The van der Waals surface area contributed by atoms with E-state index in [1.165, 1.54) is 23.9 Å². The Labute approximate surface area is 177 Å². The lowest BCUT2D eigenvalue weighted by Crippen LogP contribution is -1.98. The second-order valence-electron chi connectivity index (χ2n) is 6.45. The first kappa shape index (κ1) is 21.6. The molecular formula is C21H20F2N4O2S. The Morgan fingerprint density at radius 2 is 2.07 bits per heavy atom. The number of aryl methyl sites for hydroxylation is 2. The maximum atomic E-state index is 13.0. The minimum absolute atomic E-state index is 0.199. The van der Waals surface area contributed by atoms with Crippen LogP contribution in [0.25, 0.3) is 6.08 Å². The Bertz CT molecular complexity index is 1080. The van der Waals surface area contributed by atoms with Gasteiger partial charge in [0.05, 0.1) is 7.11 Å². The summed E-state index contributed by atoms with van der Waals surface area (Å²) < 4.78 is 32.9. The molecule has 30 heavy (non-hydrogen) atoms. The van der Waals surface area contributed by atoms with Gasteiger partial charge < -0.3 is 4.74 Å². The van der Waals surface area contributed by atoms with E-state index in [-0.39, 0.29) is 16.6 Å². The van der Waals surface area contributed by atoms with Crippen LogP contribution in [0.3, 0.4) is 0 Å². The van der Waals surface area contributed by atoms with Gasteiger partial charge in [0, 0.05) is 30.3 Å². The number of nitrogens with zero attached hydrogens (tertiary/aromatic N) is 4. The lowest BCUT2D eigenvalue weighted by Gasteiger charge is -2.10. The van der Waals surface area contributed by atoms with Gasteiger partial charge in [-0.25, -0.2) is 18.7 Å². The van der Waals surface area contributed by atoms with Crippen LogP contribution in [0.5, 0.6) is 5.75 Å². The maximum Gasteiger partial charge on any atom is 0.280 e. The standard InChI is InChI=1S/C21H20F2N4O2S/c1-13-10-17(20(22)23)25-21(24-13)30-12-15-11-14(5-7-19(15)29-3)4-6-18(28)16-8-9-27(2)26-16/h4-11,20H,12H2,1-3H3/b6-4+. The Hall–Kier alpha value is -3.07. The molecule has 0 aliphatic carbocycles. The summed E-state index contributed by atoms with van der Waals surface area (Å²) in [7, 11) is 3.30. The molecule has 0 unspecified atom stereocenters. The average Bonchev–Trinajstić information content (AvgIpc) is 3.16. The number of thioether (sulfide) groups is 1. The van der Waals surface area contributed by atoms with Gasteiger partial charge >= 0.3 is 0 Å². The van der Waals surface area contributed by atoms with E-state index in [4.69, 9.17) is 4.74 Å². The molecule has 0 saturated heterocycles. The molecule has 0 fully saturated rings. The average molecular weight is 430 g/mol. The Morgan fingerprint density at radius 1 is 1.27 bits per heavy atom. The molecule has 0 saturated carbocycles. The molecule has 0 bridgehead atoms. The topological polar surface area (TPSA) is 69.9 Å². The summed E-state index contributed by atoms with van der Waals surface area (Å²) in [5, 5.41) is 4.36. The minimum atomic E-state index is -2.65. The second kappa shape index (κ2) is 9.62. The normalized spacial score (nSPS) is 11.4. The smallest absolute Gasteiger partial charge is 0.280 e. The van der Waals surface area contributed by atoms with Gasteiger partial charge in [-0.3, -0.25) is 9.48 Å². The predicted molar refractivity (Wildman–Crippen MR) is 111 cm³/mol. The van der Waals surface area contributed by atoms with Crippen LogP contribution in [0.15, 0.2) is 47.8 Å². The zero-order chi connectivity index (χ0) is 21.7. The number of halogens is 2. The number of hydrogen-bond acceptors (Lipinski definition) is 6. The summed E-state index contributed by atoms with van der Waals surface area (Å²) in [4.78, 5) is 20.3. The molecule has 1 aromatic carbocycles. The number of methoxy groups -OCH3 is 1. The highest BCUT2D eigenvalue weighted by atomic mass is 32.2. The predicted octanol–water partition coefficient (Wildman–Crippen LogP) is 4.65. The van der Waals surface area contributed by atoms with E-state index in [1.54, 1.807) is 50.2 Å². The number of hydrogen-bond donors (Lipinski definition) is 0. The highest BCUT2D eigenvalue weighted by Gasteiger charge is 2.13. The molecule has 0 spiro atoms. The minimum Gasteiger partial charge on any atom is -0.496 e. The lowest BCUT2D eigenvalue weighted by molar-refractivity contribution is 0.104. The van der Waals surface area contributed by atoms with Crippen molar-refractivity contribution >= 4 is 23.6 Å². The van der Waals surface area contributed by atoms with Gasteiger partial charge in [-0.15, -0.1) is 0 Å². The molecule has 2 heterocycles. The lowest BCUT2D eigenvalue weighted by atomic mass is 10.1. The molecule has 0 atom stereocenters. The van der Waals surface area contributed by atoms with E-state index in [0.29, 0.717) is 22.9 Å². The van der Waals surface area contributed by atoms with E-state index in [9.17, 15) is 13.6 Å². The number of ether oxygens (including phenoxy) is 1. The van der Waals surface area contributed by atoms with Gasteiger partial charge in [0.15, 0.2) is 5.16 Å². The Balaban J connectivity index is 1.76. The van der Waals surface area contributed by atoms with Crippen molar-refractivity contribution < 1.29 is 18.3 Å². The number of allylic oxidation sites excluding steroid dienone is 1. The van der Waals surface area contributed by atoms with Gasteiger partial charge in [-0.2, -0.15) is 5.10 Å². The van der Waals surface area contributed by atoms with Crippen LogP contribution in [0.1, 0.15) is 39.4 Å². The van der Waals surface area contributed by atoms with Gasteiger partial charge in [-0.05, 0) is 42.8 Å². The molecule has 9 heteroatoms. The van der Waals surface area contributed by atoms with E-state index < -0.39 is 6.43 Å². The molecule has 0 radical (unpaired) electrons. The first-order valence-electron chi connectivity index (χ1n) is 9.01. The van der Waals surface area contributed by atoms with Crippen molar-refractivity contribution in [2.75, 3.05) is 7.11 Å². The summed E-state index contributed by atoms with van der Waals surface area (Å²) in [5.41, 5.74) is 2.19. The van der Waals surface area contributed by atoms with Crippen LogP contribution in [0.4, 0.5) is 8.78 Å². The van der Waals surface area contributed by atoms with Crippen LogP contribution in [-0.2, 0) is 12.8 Å². The number of carbonyl (C=O) groups is 1. The molecule has 6 nitrogen and oxygen atoms in total. The summed E-state index contributed by atoms with van der Waals surface area (Å²) >= 11 is 1.24. The molecule has 156 valence electrons.